The average Bonchev–Trinajstić information content (AvgIpc) is 3.07. The number of hydrogen-bond acceptors (Lipinski definition) is 4. The summed E-state index contributed by atoms with van der Waals surface area (Å²) in [5.74, 6) is 2.42. The molecule has 18 heavy (non-hydrogen) atoms. The Morgan fingerprint density at radius 2 is 2.22 bits per heavy atom. The number of nitrogens with zero attached hydrogens (tertiary/aromatic N) is 2. The number of ether oxygens (including phenoxy) is 1. The molecule has 2 heterocycles. The van der Waals surface area contributed by atoms with Gasteiger partial charge in [-0.2, -0.15) is 0 Å². The van der Waals surface area contributed by atoms with Gasteiger partial charge in [0.1, 0.15) is 16.2 Å². The van der Waals surface area contributed by atoms with Gasteiger partial charge in [-0.05, 0) is 49.0 Å². The zero-order valence-corrected chi connectivity index (χ0v) is 12.3. The van der Waals surface area contributed by atoms with Crippen molar-refractivity contribution in [1.82, 2.24) is 9.97 Å². The highest BCUT2D eigenvalue weighted by atomic mass is 79.9. The number of hydrogen-bond donors (Lipinski definition) is 1. The van der Waals surface area contributed by atoms with Crippen molar-refractivity contribution in [3.63, 3.8) is 0 Å². The van der Waals surface area contributed by atoms with E-state index in [0.717, 1.165) is 29.3 Å². The molecule has 2 atom stereocenters. The molecule has 4 nitrogen and oxygen atoms in total. The number of aromatic nitrogens is 2. The molecule has 1 aromatic heterocycles. The third kappa shape index (κ3) is 2.38. The summed E-state index contributed by atoms with van der Waals surface area (Å²) in [5.41, 5.74) is -0.0331. The monoisotopic (exact) mass is 311 g/mol. The van der Waals surface area contributed by atoms with Crippen LogP contribution >= 0.6 is 15.9 Å². The van der Waals surface area contributed by atoms with Crippen LogP contribution in [0.4, 0.5) is 5.82 Å². The molecular weight excluding hydrogens is 294 g/mol. The topological polar surface area (TPSA) is 47.0 Å². The van der Waals surface area contributed by atoms with E-state index in [-0.39, 0.29) is 11.6 Å². The summed E-state index contributed by atoms with van der Waals surface area (Å²) in [6, 6.07) is 1.95. The summed E-state index contributed by atoms with van der Waals surface area (Å²) in [7, 11) is 0. The van der Waals surface area contributed by atoms with Gasteiger partial charge in [-0.3, -0.25) is 0 Å². The first kappa shape index (κ1) is 12.4. The van der Waals surface area contributed by atoms with Gasteiger partial charge in [0, 0.05) is 18.6 Å². The fourth-order valence-electron chi connectivity index (χ4n) is 2.31. The first-order valence-corrected chi connectivity index (χ1v) is 7.30. The Morgan fingerprint density at radius 1 is 1.44 bits per heavy atom. The van der Waals surface area contributed by atoms with Gasteiger partial charge in [-0.15, -0.1) is 0 Å². The molecular formula is C13H18BrN3O. The van der Waals surface area contributed by atoms with Crippen molar-refractivity contribution in [1.29, 1.82) is 0 Å². The minimum absolute atomic E-state index is 0.0331. The first-order chi connectivity index (χ1) is 8.57. The molecule has 2 aliphatic rings. The summed E-state index contributed by atoms with van der Waals surface area (Å²) in [6.45, 7) is 5.11. The van der Waals surface area contributed by atoms with Crippen LogP contribution < -0.4 is 5.32 Å². The molecule has 1 saturated carbocycles. The Hall–Kier alpha value is -0.680. The van der Waals surface area contributed by atoms with E-state index >= 15 is 0 Å². The summed E-state index contributed by atoms with van der Waals surface area (Å²) < 4.78 is 6.50. The van der Waals surface area contributed by atoms with Crippen LogP contribution in [0.5, 0.6) is 0 Å². The Bertz CT molecular complexity index is 464. The van der Waals surface area contributed by atoms with Crippen molar-refractivity contribution in [2.45, 2.75) is 50.7 Å². The second kappa shape index (κ2) is 4.46. The quantitative estimate of drug-likeness (QED) is 0.871. The van der Waals surface area contributed by atoms with Crippen LogP contribution in [-0.4, -0.2) is 28.2 Å². The van der Waals surface area contributed by atoms with Crippen molar-refractivity contribution >= 4 is 21.7 Å². The SMILES string of the molecule is CC1OCCC1(C)Nc1cc(Br)nc(C2CC2)n1. The van der Waals surface area contributed by atoms with Crippen LogP contribution in [0.15, 0.2) is 10.7 Å². The van der Waals surface area contributed by atoms with Gasteiger partial charge in [-0.25, -0.2) is 9.97 Å². The molecule has 5 heteroatoms. The van der Waals surface area contributed by atoms with E-state index < -0.39 is 0 Å². The maximum absolute atomic E-state index is 5.64. The average molecular weight is 312 g/mol. The first-order valence-electron chi connectivity index (χ1n) is 6.51. The fourth-order valence-corrected chi connectivity index (χ4v) is 2.71. The molecule has 2 unspecified atom stereocenters. The minimum Gasteiger partial charge on any atom is -0.376 e. The van der Waals surface area contributed by atoms with Gasteiger partial charge in [0.2, 0.25) is 0 Å². The molecule has 1 aromatic rings. The number of anilines is 1. The van der Waals surface area contributed by atoms with Crippen LogP contribution in [0.2, 0.25) is 0 Å². The maximum Gasteiger partial charge on any atom is 0.135 e. The van der Waals surface area contributed by atoms with Crippen LogP contribution in [0.1, 0.15) is 44.9 Å². The third-order valence-electron chi connectivity index (χ3n) is 3.95. The van der Waals surface area contributed by atoms with Crippen molar-refractivity contribution in [3.8, 4) is 0 Å². The summed E-state index contributed by atoms with van der Waals surface area (Å²) in [5, 5.41) is 3.52. The van der Waals surface area contributed by atoms with E-state index in [2.05, 4.69) is 45.1 Å². The van der Waals surface area contributed by atoms with Crippen molar-refractivity contribution < 1.29 is 4.74 Å². The largest absolute Gasteiger partial charge is 0.376 e. The summed E-state index contributed by atoms with van der Waals surface area (Å²) in [4.78, 5) is 9.08. The molecule has 1 aliphatic heterocycles. The predicted molar refractivity (Wildman–Crippen MR) is 73.8 cm³/mol. The summed E-state index contributed by atoms with van der Waals surface area (Å²) >= 11 is 3.47. The fraction of sp³-hybridized carbons (Fsp3) is 0.692. The predicted octanol–water partition coefficient (Wildman–Crippen LogP) is 3.10. The maximum atomic E-state index is 5.64. The molecule has 0 bridgehead atoms. The van der Waals surface area contributed by atoms with Crippen molar-refractivity contribution in [2.75, 3.05) is 11.9 Å². The Morgan fingerprint density at radius 3 is 2.83 bits per heavy atom. The van der Waals surface area contributed by atoms with Crippen LogP contribution in [0, 0.1) is 0 Å². The second-order valence-electron chi connectivity index (χ2n) is 5.51. The lowest BCUT2D eigenvalue weighted by atomic mass is 9.95. The molecule has 2 fully saturated rings. The van der Waals surface area contributed by atoms with E-state index in [9.17, 15) is 0 Å². The standard InChI is InChI=1S/C13H18BrN3O/c1-8-13(2,5-6-18-8)17-11-7-10(14)15-12(16-11)9-3-4-9/h7-9H,3-6H2,1-2H3,(H,15,16,17). The Kier molecular flexibility index (Phi) is 3.06. The van der Waals surface area contributed by atoms with Crippen LogP contribution in [0.25, 0.3) is 0 Å². The molecule has 0 aromatic carbocycles. The number of rotatable bonds is 3. The lowest BCUT2D eigenvalue weighted by Crippen LogP contribution is -2.41. The lowest BCUT2D eigenvalue weighted by Gasteiger charge is -2.29. The van der Waals surface area contributed by atoms with Crippen LogP contribution in [0.3, 0.4) is 0 Å². The van der Waals surface area contributed by atoms with Crippen molar-refractivity contribution in [2.24, 2.45) is 0 Å². The molecule has 1 saturated heterocycles. The molecule has 0 amide bonds. The van der Waals surface area contributed by atoms with Gasteiger partial charge in [-0.1, -0.05) is 0 Å². The van der Waals surface area contributed by atoms with Gasteiger partial charge in [0.15, 0.2) is 0 Å². The third-order valence-corrected chi connectivity index (χ3v) is 4.36. The molecule has 1 aliphatic carbocycles. The van der Waals surface area contributed by atoms with Gasteiger partial charge in [0.05, 0.1) is 11.6 Å². The smallest absolute Gasteiger partial charge is 0.135 e. The van der Waals surface area contributed by atoms with E-state index in [1.54, 1.807) is 0 Å². The van der Waals surface area contributed by atoms with E-state index in [0.29, 0.717) is 5.92 Å². The highest BCUT2D eigenvalue weighted by Crippen LogP contribution is 2.39. The zero-order valence-electron chi connectivity index (χ0n) is 10.7. The van der Waals surface area contributed by atoms with Gasteiger partial charge in [0.25, 0.3) is 0 Å². The lowest BCUT2D eigenvalue weighted by molar-refractivity contribution is 0.105. The Labute approximate surface area is 116 Å². The zero-order chi connectivity index (χ0) is 12.8. The van der Waals surface area contributed by atoms with Crippen molar-refractivity contribution in [3.05, 3.63) is 16.5 Å². The highest BCUT2D eigenvalue weighted by molar-refractivity contribution is 9.10. The Balaban J connectivity index is 1.83. The highest BCUT2D eigenvalue weighted by Gasteiger charge is 2.37. The van der Waals surface area contributed by atoms with Crippen LogP contribution in [-0.2, 0) is 4.74 Å². The molecule has 0 spiro atoms. The van der Waals surface area contributed by atoms with E-state index in [1.165, 1.54) is 12.8 Å². The molecule has 98 valence electrons. The second-order valence-corrected chi connectivity index (χ2v) is 6.33. The number of halogens is 1. The normalized spacial score (nSPS) is 31.6. The molecule has 0 radical (unpaired) electrons. The number of nitrogens with one attached hydrogen (secondary N) is 1. The summed E-state index contributed by atoms with van der Waals surface area (Å²) in [6.07, 6.45) is 3.64. The van der Waals surface area contributed by atoms with Gasteiger partial charge < -0.3 is 10.1 Å². The minimum atomic E-state index is -0.0331. The van der Waals surface area contributed by atoms with Gasteiger partial charge >= 0.3 is 0 Å². The molecule has 3 rings (SSSR count). The molecule has 1 N–H and O–H groups in total. The van der Waals surface area contributed by atoms with E-state index in [4.69, 9.17) is 4.74 Å². The van der Waals surface area contributed by atoms with E-state index in [1.807, 2.05) is 6.07 Å².